The predicted octanol–water partition coefficient (Wildman–Crippen LogP) is -4.44. The van der Waals surface area contributed by atoms with Crippen LogP contribution in [0.25, 0.3) is 0 Å². The highest BCUT2D eigenvalue weighted by molar-refractivity contribution is 7.80. The van der Waals surface area contributed by atoms with Crippen LogP contribution in [-0.2, 0) is 28.8 Å². The minimum absolute atomic E-state index is 0.0861. The second-order valence-electron chi connectivity index (χ2n) is 8.42. The van der Waals surface area contributed by atoms with Crippen molar-refractivity contribution in [1.82, 2.24) is 21.3 Å². The molecule has 0 radical (unpaired) electrons. The Kier molecular flexibility index (Phi) is 17.6. The predicted molar refractivity (Wildman–Crippen MR) is 143 cm³/mol. The lowest BCUT2D eigenvalue weighted by Crippen LogP contribution is -2.57. The maximum Gasteiger partial charge on any atom is 0.327 e. The summed E-state index contributed by atoms with van der Waals surface area (Å²) in [5.74, 6) is -6.51. The Hall–Kier alpha value is -3.64. The Morgan fingerprint density at radius 1 is 0.821 bits per heavy atom. The summed E-state index contributed by atoms with van der Waals surface area (Å²) >= 11 is 3.82. The molecule has 0 aromatic heterocycles. The van der Waals surface area contributed by atoms with E-state index in [0.29, 0.717) is 25.8 Å². The van der Waals surface area contributed by atoms with Crippen molar-refractivity contribution in [3.8, 4) is 0 Å². The number of carboxylic acids is 2. The molecule has 0 fully saturated rings. The summed E-state index contributed by atoms with van der Waals surface area (Å²) in [6.45, 7) is 0.0715. The maximum absolute atomic E-state index is 12.9. The van der Waals surface area contributed by atoms with Gasteiger partial charge in [-0.05, 0) is 38.6 Å². The summed E-state index contributed by atoms with van der Waals surface area (Å²) in [6.07, 6.45) is 0.816. The van der Waals surface area contributed by atoms with Gasteiger partial charge in [-0.3, -0.25) is 29.0 Å². The van der Waals surface area contributed by atoms with Crippen molar-refractivity contribution in [2.45, 2.75) is 62.7 Å². The molecule has 17 nitrogen and oxygen atoms in total. The van der Waals surface area contributed by atoms with E-state index in [1.807, 2.05) is 0 Å². The normalized spacial score (nSPS) is 13.6. The number of rotatable bonds is 20. The summed E-state index contributed by atoms with van der Waals surface area (Å²) in [5, 5.41) is 27.4. The van der Waals surface area contributed by atoms with Crippen LogP contribution in [0, 0.1) is 0 Å². The fourth-order valence-corrected chi connectivity index (χ4v) is 3.32. The molecule has 14 N–H and O–H groups in total. The van der Waals surface area contributed by atoms with E-state index < -0.39 is 72.7 Å². The van der Waals surface area contributed by atoms with Crippen LogP contribution >= 0.6 is 12.6 Å². The number of unbranched alkanes of at least 4 members (excludes halogenated alkanes) is 1. The van der Waals surface area contributed by atoms with Gasteiger partial charge in [0.25, 0.3) is 0 Å². The van der Waals surface area contributed by atoms with Gasteiger partial charge < -0.3 is 54.4 Å². The maximum atomic E-state index is 12.9. The lowest BCUT2D eigenvalue weighted by molar-refractivity contribution is -0.143. The number of guanidine groups is 1. The molecule has 18 heteroatoms. The van der Waals surface area contributed by atoms with Crippen molar-refractivity contribution in [2.75, 3.05) is 25.4 Å². The highest BCUT2D eigenvalue weighted by Crippen LogP contribution is 2.04. The minimum Gasteiger partial charge on any atom is -0.481 e. The van der Waals surface area contributed by atoms with Crippen molar-refractivity contribution in [1.29, 1.82) is 0 Å². The van der Waals surface area contributed by atoms with Crippen molar-refractivity contribution in [3.05, 3.63) is 0 Å². The first-order chi connectivity index (χ1) is 18.3. The first kappa shape index (κ1) is 35.4. The van der Waals surface area contributed by atoms with Crippen LogP contribution in [0.4, 0.5) is 0 Å². The van der Waals surface area contributed by atoms with Gasteiger partial charge in [0.05, 0.1) is 19.0 Å². The van der Waals surface area contributed by atoms with E-state index in [1.54, 1.807) is 0 Å². The Morgan fingerprint density at radius 3 is 1.97 bits per heavy atom. The average Bonchev–Trinajstić information content (AvgIpc) is 2.86. The van der Waals surface area contributed by atoms with Crippen LogP contribution in [0.5, 0.6) is 0 Å². The molecule has 0 aromatic rings. The zero-order chi connectivity index (χ0) is 30.0. The number of carboxylic acid groups (broad SMARTS) is 2. The van der Waals surface area contributed by atoms with Gasteiger partial charge in [-0.15, -0.1) is 0 Å². The van der Waals surface area contributed by atoms with E-state index in [9.17, 15) is 28.8 Å². The first-order valence-corrected chi connectivity index (χ1v) is 12.7. The van der Waals surface area contributed by atoms with Crippen LogP contribution < -0.4 is 44.2 Å². The number of hydrogen-bond donors (Lipinski definition) is 11. The molecule has 4 amide bonds. The molecule has 222 valence electrons. The van der Waals surface area contributed by atoms with Gasteiger partial charge in [0.15, 0.2) is 5.96 Å². The Bertz CT molecular complexity index is 885. The molecule has 4 atom stereocenters. The standard InChI is InChI=1S/C21H39N9O8S/c22-6-2-1-5-12(28-15(31)9-27-17(34)11(23)4-3-7-26-21(24)25)18(35)29-13(8-16(32)33)19(36)30-14(10-39)20(37)38/h11-14,39H,1-10,22-23H2,(H,27,34)(H,28,31)(H,29,35)(H,30,36)(H,32,33)(H,37,38)(H4,24,25,26)/t11-,12-,13-,14-/m0/s1. The zero-order valence-electron chi connectivity index (χ0n) is 21.4. The average molecular weight is 578 g/mol. The number of aliphatic imine (C=N–C) groups is 1. The summed E-state index contributed by atoms with van der Waals surface area (Å²) in [6, 6.07) is -5.20. The minimum atomic E-state index is -1.64. The smallest absolute Gasteiger partial charge is 0.327 e. The number of hydrogen-bond acceptors (Lipinski definition) is 10. The topological polar surface area (TPSA) is 307 Å². The molecule has 0 unspecified atom stereocenters. The van der Waals surface area contributed by atoms with Gasteiger partial charge in [0, 0.05) is 12.3 Å². The molecule has 0 aliphatic heterocycles. The Balaban J connectivity index is 5.22. The lowest BCUT2D eigenvalue weighted by Gasteiger charge is -2.23. The third-order valence-corrected chi connectivity index (χ3v) is 5.50. The molecule has 0 saturated carbocycles. The zero-order valence-corrected chi connectivity index (χ0v) is 22.3. The Morgan fingerprint density at radius 2 is 1.44 bits per heavy atom. The first-order valence-electron chi connectivity index (χ1n) is 12.1. The number of carbonyl (C=O) groups excluding carboxylic acids is 4. The van der Waals surface area contributed by atoms with Crippen LogP contribution in [0.1, 0.15) is 38.5 Å². The Labute approximate surface area is 230 Å². The van der Waals surface area contributed by atoms with E-state index in [0.717, 1.165) is 0 Å². The monoisotopic (exact) mass is 577 g/mol. The van der Waals surface area contributed by atoms with Gasteiger partial charge >= 0.3 is 11.9 Å². The molecule has 0 rings (SSSR count). The quantitative estimate of drug-likeness (QED) is 0.0282. The van der Waals surface area contributed by atoms with Crippen molar-refractivity contribution < 1.29 is 39.0 Å². The highest BCUT2D eigenvalue weighted by atomic mass is 32.1. The third kappa shape index (κ3) is 16.0. The van der Waals surface area contributed by atoms with Gasteiger partial charge in [-0.2, -0.15) is 12.6 Å². The molecule has 0 aromatic carbocycles. The van der Waals surface area contributed by atoms with E-state index in [2.05, 4.69) is 38.9 Å². The SMILES string of the molecule is NCCCC[C@H](NC(=O)CNC(=O)[C@@H](N)CCCN=C(N)N)C(=O)N[C@@H](CC(=O)O)C(=O)N[C@@H](CS)C(=O)O. The molecule has 39 heavy (non-hydrogen) atoms. The number of nitrogens with zero attached hydrogens (tertiary/aromatic N) is 1. The van der Waals surface area contributed by atoms with Crippen LogP contribution in [0.3, 0.4) is 0 Å². The second kappa shape index (κ2) is 19.4. The fourth-order valence-electron chi connectivity index (χ4n) is 3.07. The third-order valence-electron chi connectivity index (χ3n) is 5.14. The number of nitrogens with one attached hydrogen (secondary N) is 4. The molecular formula is C21H39N9O8S. The van der Waals surface area contributed by atoms with Crippen molar-refractivity contribution in [2.24, 2.45) is 27.9 Å². The number of carbonyl (C=O) groups is 6. The van der Waals surface area contributed by atoms with Crippen LogP contribution in [0.15, 0.2) is 4.99 Å². The molecule has 0 spiro atoms. The number of nitrogens with two attached hydrogens (primary N) is 4. The highest BCUT2D eigenvalue weighted by Gasteiger charge is 2.30. The fraction of sp³-hybridized carbons (Fsp3) is 0.667. The van der Waals surface area contributed by atoms with Crippen molar-refractivity contribution in [3.63, 3.8) is 0 Å². The summed E-state index contributed by atoms with van der Waals surface area (Å²) in [5.41, 5.74) is 21.7. The van der Waals surface area contributed by atoms with Gasteiger partial charge in [-0.1, -0.05) is 0 Å². The number of aliphatic carboxylic acids is 2. The van der Waals surface area contributed by atoms with Crippen LogP contribution in [0.2, 0.25) is 0 Å². The molecule has 0 aliphatic carbocycles. The molecule has 0 bridgehead atoms. The summed E-state index contributed by atoms with van der Waals surface area (Å²) in [4.78, 5) is 76.2. The molecule has 0 heterocycles. The van der Waals surface area contributed by atoms with E-state index in [-0.39, 0.29) is 31.1 Å². The number of thiol groups is 1. The van der Waals surface area contributed by atoms with E-state index in [4.69, 9.17) is 33.1 Å². The number of amides is 4. The molecule has 0 aliphatic rings. The van der Waals surface area contributed by atoms with E-state index in [1.165, 1.54) is 0 Å². The lowest BCUT2D eigenvalue weighted by atomic mass is 10.1. The van der Waals surface area contributed by atoms with Gasteiger partial charge in [0.2, 0.25) is 23.6 Å². The van der Waals surface area contributed by atoms with Gasteiger partial charge in [-0.25, -0.2) is 4.79 Å². The largest absolute Gasteiger partial charge is 0.481 e. The molecular weight excluding hydrogens is 538 g/mol. The van der Waals surface area contributed by atoms with E-state index >= 15 is 0 Å². The molecule has 0 saturated heterocycles. The van der Waals surface area contributed by atoms with Gasteiger partial charge in [0.1, 0.15) is 18.1 Å². The second-order valence-corrected chi connectivity index (χ2v) is 8.78. The van der Waals surface area contributed by atoms with Crippen molar-refractivity contribution >= 4 is 54.2 Å². The summed E-state index contributed by atoms with van der Waals surface area (Å²) < 4.78 is 0. The summed E-state index contributed by atoms with van der Waals surface area (Å²) in [7, 11) is 0. The van der Waals surface area contributed by atoms with Crippen LogP contribution in [-0.4, -0.2) is 101 Å².